The Kier molecular flexibility index (Phi) is 4.46. The van der Waals surface area contributed by atoms with E-state index in [4.69, 9.17) is 5.73 Å². The highest BCUT2D eigenvalue weighted by Crippen LogP contribution is 2.33. The van der Waals surface area contributed by atoms with Crippen LogP contribution in [0.15, 0.2) is 60.7 Å². The maximum atomic E-state index is 12.2. The summed E-state index contributed by atoms with van der Waals surface area (Å²) in [5.74, 6) is -0.0941. The highest BCUT2D eigenvalue weighted by molar-refractivity contribution is 6.05. The molecule has 21 heavy (non-hydrogen) atoms. The highest BCUT2D eigenvalue weighted by Gasteiger charge is 2.25. The van der Waals surface area contributed by atoms with Crippen LogP contribution in [0.1, 0.15) is 11.1 Å². The van der Waals surface area contributed by atoms with E-state index in [0.29, 0.717) is 0 Å². The van der Waals surface area contributed by atoms with E-state index >= 15 is 0 Å². The molecule has 4 heteroatoms. The van der Waals surface area contributed by atoms with Crippen molar-refractivity contribution in [2.45, 2.75) is 6.04 Å². The van der Waals surface area contributed by atoms with Gasteiger partial charge >= 0.3 is 0 Å². The maximum Gasteiger partial charge on any atom is 0.247 e. The molecule has 0 bridgehead atoms. The first-order chi connectivity index (χ1) is 9.68. The number of fused-ring (bicyclic) bond motifs is 1. The lowest BCUT2D eigenvalue weighted by Crippen LogP contribution is -2.39. The smallest absolute Gasteiger partial charge is 0.247 e. The van der Waals surface area contributed by atoms with Crippen LogP contribution in [0.4, 0.5) is 5.69 Å². The SMILES string of the molecule is CN1C(=O)C(N)C=C(c2ccccc2)c2ccccc21.Cl. The van der Waals surface area contributed by atoms with E-state index in [1.807, 2.05) is 60.7 Å². The standard InChI is InChI=1S/C17H16N2O.ClH/c1-19-16-10-6-5-9-13(16)14(11-15(18)17(19)20)12-7-3-2-4-8-12;/h2-11,15H,18H2,1H3;1H. The van der Waals surface area contributed by atoms with Crippen molar-refractivity contribution in [3.05, 3.63) is 71.8 Å². The van der Waals surface area contributed by atoms with Crippen LogP contribution < -0.4 is 10.6 Å². The van der Waals surface area contributed by atoms with Gasteiger partial charge in [-0.15, -0.1) is 12.4 Å². The van der Waals surface area contributed by atoms with Gasteiger partial charge in [0.15, 0.2) is 0 Å². The molecule has 2 N–H and O–H groups in total. The number of likely N-dealkylation sites (N-methyl/N-ethyl adjacent to an activating group) is 1. The fourth-order valence-electron chi connectivity index (χ4n) is 2.55. The number of carbonyl (C=O) groups is 1. The average Bonchev–Trinajstić information content (AvgIpc) is 2.60. The minimum absolute atomic E-state index is 0. The van der Waals surface area contributed by atoms with Crippen molar-refractivity contribution in [2.24, 2.45) is 5.73 Å². The normalized spacial score (nSPS) is 17.4. The predicted octanol–water partition coefficient (Wildman–Crippen LogP) is 2.84. The zero-order valence-corrected chi connectivity index (χ0v) is 12.5. The maximum absolute atomic E-state index is 12.2. The number of benzene rings is 2. The van der Waals surface area contributed by atoms with Crippen LogP contribution in [0, 0.1) is 0 Å². The Balaban J connectivity index is 0.00000161. The number of carbonyl (C=O) groups excluding carboxylic acids is 1. The minimum Gasteiger partial charge on any atom is -0.317 e. The lowest BCUT2D eigenvalue weighted by molar-refractivity contribution is -0.118. The van der Waals surface area contributed by atoms with E-state index in [-0.39, 0.29) is 18.3 Å². The average molecular weight is 301 g/mol. The molecule has 3 nitrogen and oxygen atoms in total. The molecule has 0 aromatic heterocycles. The lowest BCUT2D eigenvalue weighted by Gasteiger charge is -2.19. The van der Waals surface area contributed by atoms with Gasteiger partial charge in [-0.3, -0.25) is 4.79 Å². The van der Waals surface area contributed by atoms with Crippen LogP contribution in [0.3, 0.4) is 0 Å². The predicted molar refractivity (Wildman–Crippen MR) is 88.6 cm³/mol. The molecule has 0 saturated heterocycles. The van der Waals surface area contributed by atoms with Crippen LogP contribution in [-0.2, 0) is 4.79 Å². The van der Waals surface area contributed by atoms with E-state index in [1.54, 1.807) is 11.9 Å². The fourth-order valence-corrected chi connectivity index (χ4v) is 2.55. The summed E-state index contributed by atoms with van der Waals surface area (Å²) in [6.07, 6.45) is 1.85. The zero-order valence-electron chi connectivity index (χ0n) is 11.7. The Hall–Kier alpha value is -2.10. The van der Waals surface area contributed by atoms with Crippen molar-refractivity contribution in [3.63, 3.8) is 0 Å². The van der Waals surface area contributed by atoms with Crippen LogP contribution in [0.5, 0.6) is 0 Å². The summed E-state index contributed by atoms with van der Waals surface area (Å²) in [7, 11) is 1.77. The van der Waals surface area contributed by atoms with Gasteiger partial charge in [-0.05, 0) is 23.3 Å². The molecule has 2 aromatic carbocycles. The number of nitrogens with two attached hydrogens (primary N) is 1. The Bertz CT molecular complexity index is 682. The van der Waals surface area contributed by atoms with Crippen molar-refractivity contribution >= 4 is 29.6 Å². The van der Waals surface area contributed by atoms with Gasteiger partial charge in [-0.1, -0.05) is 48.5 Å². The number of rotatable bonds is 1. The summed E-state index contributed by atoms with van der Waals surface area (Å²) >= 11 is 0. The Morgan fingerprint density at radius 1 is 1.00 bits per heavy atom. The summed E-state index contributed by atoms with van der Waals surface area (Å²) in [5, 5.41) is 0. The molecule has 1 aliphatic heterocycles. The molecule has 0 aliphatic carbocycles. The van der Waals surface area contributed by atoms with Gasteiger partial charge in [-0.25, -0.2) is 0 Å². The number of nitrogens with zero attached hydrogens (tertiary/aromatic N) is 1. The quantitative estimate of drug-likeness (QED) is 0.880. The summed E-state index contributed by atoms with van der Waals surface area (Å²) < 4.78 is 0. The monoisotopic (exact) mass is 300 g/mol. The number of para-hydroxylation sites is 1. The molecule has 1 atom stereocenters. The Morgan fingerprint density at radius 2 is 1.62 bits per heavy atom. The van der Waals surface area contributed by atoms with Crippen LogP contribution in [0.25, 0.3) is 5.57 Å². The summed E-state index contributed by atoms with van der Waals surface area (Å²) in [5.41, 5.74) is 10.0. The third kappa shape index (κ3) is 2.71. The summed E-state index contributed by atoms with van der Waals surface area (Å²) in [6, 6.07) is 17.3. The molecular formula is C17H17ClN2O. The van der Waals surface area contributed by atoms with Crippen molar-refractivity contribution in [2.75, 3.05) is 11.9 Å². The molecular weight excluding hydrogens is 284 g/mol. The molecule has 1 aliphatic rings. The zero-order chi connectivity index (χ0) is 14.1. The first-order valence-corrected chi connectivity index (χ1v) is 6.58. The largest absolute Gasteiger partial charge is 0.317 e. The van der Waals surface area contributed by atoms with Crippen molar-refractivity contribution in [1.82, 2.24) is 0 Å². The van der Waals surface area contributed by atoms with Crippen molar-refractivity contribution in [1.29, 1.82) is 0 Å². The van der Waals surface area contributed by atoms with Gasteiger partial charge < -0.3 is 10.6 Å². The molecule has 3 rings (SSSR count). The van der Waals surface area contributed by atoms with Gasteiger partial charge in [0.1, 0.15) is 6.04 Å². The second-order valence-corrected chi connectivity index (χ2v) is 4.89. The van der Waals surface area contributed by atoms with Crippen molar-refractivity contribution in [3.8, 4) is 0 Å². The van der Waals surface area contributed by atoms with E-state index in [2.05, 4.69) is 0 Å². The molecule has 2 aromatic rings. The molecule has 1 unspecified atom stereocenters. The Labute approximate surface area is 130 Å². The molecule has 0 radical (unpaired) electrons. The molecule has 0 saturated carbocycles. The van der Waals surface area contributed by atoms with E-state index in [9.17, 15) is 4.79 Å². The minimum atomic E-state index is -0.623. The van der Waals surface area contributed by atoms with Crippen LogP contribution in [-0.4, -0.2) is 19.0 Å². The van der Waals surface area contributed by atoms with Crippen LogP contribution >= 0.6 is 12.4 Å². The van der Waals surface area contributed by atoms with Gasteiger partial charge in [-0.2, -0.15) is 0 Å². The highest BCUT2D eigenvalue weighted by atomic mass is 35.5. The Morgan fingerprint density at radius 3 is 2.33 bits per heavy atom. The summed E-state index contributed by atoms with van der Waals surface area (Å²) in [6.45, 7) is 0. The van der Waals surface area contributed by atoms with Crippen LogP contribution in [0.2, 0.25) is 0 Å². The second kappa shape index (κ2) is 6.12. The van der Waals surface area contributed by atoms with Gasteiger partial charge in [0, 0.05) is 12.6 Å². The second-order valence-electron chi connectivity index (χ2n) is 4.89. The lowest BCUT2D eigenvalue weighted by atomic mass is 9.96. The molecule has 0 spiro atoms. The number of halogens is 1. The number of hydrogen-bond donors (Lipinski definition) is 1. The van der Waals surface area contributed by atoms with E-state index in [1.165, 1.54) is 0 Å². The third-order valence-electron chi connectivity index (χ3n) is 3.60. The molecule has 1 amide bonds. The number of hydrogen-bond acceptors (Lipinski definition) is 2. The van der Waals surface area contributed by atoms with E-state index in [0.717, 1.165) is 22.4 Å². The van der Waals surface area contributed by atoms with Gasteiger partial charge in [0.05, 0.1) is 5.69 Å². The fraction of sp³-hybridized carbons (Fsp3) is 0.118. The number of amides is 1. The molecule has 1 heterocycles. The number of anilines is 1. The molecule has 108 valence electrons. The van der Waals surface area contributed by atoms with Gasteiger partial charge in [0.25, 0.3) is 0 Å². The summed E-state index contributed by atoms with van der Waals surface area (Å²) in [4.78, 5) is 13.9. The van der Waals surface area contributed by atoms with Gasteiger partial charge in [0.2, 0.25) is 5.91 Å². The molecule has 0 fully saturated rings. The van der Waals surface area contributed by atoms with E-state index < -0.39 is 6.04 Å². The third-order valence-corrected chi connectivity index (χ3v) is 3.60. The first-order valence-electron chi connectivity index (χ1n) is 6.58. The topological polar surface area (TPSA) is 46.3 Å². The van der Waals surface area contributed by atoms with Crippen molar-refractivity contribution < 1.29 is 4.79 Å². The first kappa shape index (κ1) is 15.3.